The molecule has 17 heteroatoms. The zero-order chi connectivity index (χ0) is 34.8. The number of ether oxygens (including phenoxy) is 2. The van der Waals surface area contributed by atoms with Crippen LogP contribution in [0.15, 0.2) is 17.6 Å². The average Bonchev–Trinajstić information content (AvgIpc) is 2.97. The number of hydrogen-bond acceptors (Lipinski definition) is 12. The highest BCUT2D eigenvalue weighted by Crippen LogP contribution is 2.26. The molecule has 260 valence electrons. The first-order valence-corrected chi connectivity index (χ1v) is 22.7. The molecule has 1 aromatic heterocycles. The number of aryl methyl sites for hydroxylation is 1. The monoisotopic (exact) mass is 702 g/mol. The van der Waals surface area contributed by atoms with Crippen molar-refractivity contribution in [2.75, 3.05) is 18.5 Å². The molecule has 0 fully saturated rings. The highest BCUT2D eigenvalue weighted by atomic mass is 32.2. The van der Waals surface area contributed by atoms with Crippen molar-refractivity contribution in [3.05, 3.63) is 18.0 Å². The van der Waals surface area contributed by atoms with Gasteiger partial charge in [0.05, 0.1) is 6.61 Å². The van der Waals surface area contributed by atoms with Gasteiger partial charge < -0.3 is 34.9 Å². The topological polar surface area (TPSA) is 217 Å². The van der Waals surface area contributed by atoms with E-state index >= 15 is 0 Å². The van der Waals surface area contributed by atoms with Gasteiger partial charge in [-0.15, -0.1) is 0 Å². The minimum atomic E-state index is -2.06. The minimum Gasteiger partial charge on any atom is -0.481 e. The summed E-state index contributed by atoms with van der Waals surface area (Å²) in [5.41, 5.74) is 6.38. The van der Waals surface area contributed by atoms with Crippen molar-refractivity contribution in [3.63, 3.8) is 0 Å². The van der Waals surface area contributed by atoms with Gasteiger partial charge in [0.15, 0.2) is 21.8 Å². The van der Waals surface area contributed by atoms with Gasteiger partial charge in [-0.2, -0.15) is 0 Å². The SMILES string of the molecule is CCC(CN)OC(=O)CCC[Si](C)(C)O[Si](C)(C)CSc1ncc(CCC(=O)CC[C@H](NC(=O)OCCCC(=O)O)C(=O)O)cn1. The predicted molar refractivity (Wildman–Crippen MR) is 177 cm³/mol. The standard InChI is InChI=1S/C29H50N4O10SSi2/c1-6-23(17-30)42-26(37)10-8-16-45(2,3)43-46(4,5)20-44-28-31-18-21(19-32-28)11-12-22(34)13-14-24(27(38)39)33-29(40)41-15-7-9-25(35)36/h18-19,23-24H,6-17,20,30H2,1-5H3,(H,33,40)(H,35,36)(H,38,39)/t23?,24-/m0/s1. The second-order valence-electron chi connectivity index (χ2n) is 12.1. The first-order chi connectivity index (χ1) is 21.6. The summed E-state index contributed by atoms with van der Waals surface area (Å²) < 4.78 is 16.8. The van der Waals surface area contributed by atoms with Crippen LogP contribution in [0.3, 0.4) is 0 Å². The molecule has 1 heterocycles. The van der Waals surface area contributed by atoms with Gasteiger partial charge in [0.2, 0.25) is 0 Å². The van der Waals surface area contributed by atoms with Crippen LogP contribution in [0.5, 0.6) is 0 Å². The number of nitrogens with one attached hydrogen (secondary N) is 1. The van der Waals surface area contributed by atoms with Crippen molar-refractivity contribution >= 4 is 58.2 Å². The number of esters is 1. The number of alkyl carbamates (subject to hydrolysis) is 1. The number of carbonyl (C=O) groups excluding carboxylic acids is 3. The van der Waals surface area contributed by atoms with E-state index in [1.54, 1.807) is 12.4 Å². The summed E-state index contributed by atoms with van der Waals surface area (Å²) >= 11 is 1.53. The van der Waals surface area contributed by atoms with E-state index in [0.717, 1.165) is 17.0 Å². The summed E-state index contributed by atoms with van der Waals surface area (Å²) in [4.78, 5) is 67.1. The van der Waals surface area contributed by atoms with Crippen molar-refractivity contribution in [2.45, 2.75) is 114 Å². The number of aliphatic carboxylic acids is 2. The molecular formula is C29H50N4O10SSi2. The molecular weight excluding hydrogens is 653 g/mol. The molecule has 0 spiro atoms. The summed E-state index contributed by atoms with van der Waals surface area (Å²) in [5.74, 6) is -2.72. The Bertz CT molecular complexity index is 1140. The number of hydrogen-bond donors (Lipinski definition) is 4. The van der Waals surface area contributed by atoms with Crippen LogP contribution in [0, 0.1) is 0 Å². The van der Waals surface area contributed by atoms with E-state index in [9.17, 15) is 29.1 Å². The number of amides is 1. The van der Waals surface area contributed by atoms with E-state index in [0.29, 0.717) is 37.4 Å². The van der Waals surface area contributed by atoms with E-state index in [4.69, 9.17) is 24.4 Å². The molecule has 0 aliphatic rings. The highest BCUT2D eigenvalue weighted by Gasteiger charge is 2.33. The van der Waals surface area contributed by atoms with Crippen molar-refractivity contribution in [3.8, 4) is 0 Å². The third kappa shape index (κ3) is 18.9. The molecule has 1 rings (SSSR count). The number of rotatable bonds is 24. The molecule has 0 saturated heterocycles. The lowest BCUT2D eigenvalue weighted by atomic mass is 10.0. The number of carboxylic acids is 2. The maximum atomic E-state index is 12.4. The number of thioether (sulfide) groups is 1. The Kier molecular flexibility index (Phi) is 18.9. The normalized spacial score (nSPS) is 13.0. The van der Waals surface area contributed by atoms with Crippen LogP contribution in [0.1, 0.15) is 63.9 Å². The maximum Gasteiger partial charge on any atom is 0.407 e. The molecule has 0 saturated carbocycles. The molecule has 0 aliphatic heterocycles. The molecule has 1 aromatic rings. The van der Waals surface area contributed by atoms with Crippen molar-refractivity contribution < 1.29 is 47.8 Å². The molecule has 46 heavy (non-hydrogen) atoms. The van der Waals surface area contributed by atoms with Gasteiger partial charge >= 0.3 is 24.0 Å². The number of ketones is 1. The Labute approximate surface area is 277 Å². The van der Waals surface area contributed by atoms with Gasteiger partial charge in [-0.1, -0.05) is 18.7 Å². The second kappa shape index (κ2) is 21.1. The van der Waals surface area contributed by atoms with Gasteiger partial charge in [0, 0.05) is 50.0 Å². The molecule has 1 amide bonds. The van der Waals surface area contributed by atoms with Crippen molar-refractivity contribution in [2.24, 2.45) is 5.73 Å². The van der Waals surface area contributed by atoms with Crippen LogP contribution < -0.4 is 11.1 Å². The van der Waals surface area contributed by atoms with E-state index in [-0.39, 0.29) is 56.6 Å². The van der Waals surface area contributed by atoms with E-state index < -0.39 is 40.7 Å². The lowest BCUT2D eigenvalue weighted by Gasteiger charge is -2.33. The van der Waals surface area contributed by atoms with Gasteiger partial charge in [-0.25, -0.2) is 19.6 Å². The molecule has 1 unspecified atom stereocenters. The fraction of sp³-hybridized carbons (Fsp3) is 0.690. The quantitative estimate of drug-likeness (QED) is 0.0395. The fourth-order valence-electron chi connectivity index (χ4n) is 4.36. The smallest absolute Gasteiger partial charge is 0.407 e. The predicted octanol–water partition coefficient (Wildman–Crippen LogP) is 3.92. The summed E-state index contributed by atoms with van der Waals surface area (Å²) in [5, 5.41) is 21.5. The number of nitrogens with zero attached hydrogens (tertiary/aromatic N) is 2. The molecule has 5 N–H and O–H groups in total. The molecule has 2 atom stereocenters. The van der Waals surface area contributed by atoms with Gasteiger partial charge in [-0.05, 0) is 69.9 Å². The van der Waals surface area contributed by atoms with Crippen molar-refractivity contribution in [1.29, 1.82) is 0 Å². The number of nitrogens with two attached hydrogens (primary N) is 1. The van der Waals surface area contributed by atoms with Crippen LogP contribution >= 0.6 is 11.8 Å². The lowest BCUT2D eigenvalue weighted by molar-refractivity contribution is -0.149. The van der Waals surface area contributed by atoms with Gasteiger partial charge in [0.1, 0.15) is 17.9 Å². The Morgan fingerprint density at radius 1 is 0.978 bits per heavy atom. The fourth-order valence-corrected chi connectivity index (χ4v) is 14.7. The van der Waals surface area contributed by atoms with Crippen LogP contribution in [0.2, 0.25) is 32.2 Å². The molecule has 14 nitrogen and oxygen atoms in total. The highest BCUT2D eigenvalue weighted by molar-refractivity contribution is 8.00. The Morgan fingerprint density at radius 3 is 2.24 bits per heavy atom. The summed E-state index contributed by atoms with van der Waals surface area (Å²) in [7, 11) is -4.06. The Hall–Kier alpha value is -2.87. The average molecular weight is 703 g/mol. The van der Waals surface area contributed by atoms with Gasteiger partial charge in [0.25, 0.3) is 0 Å². The number of aromatic nitrogens is 2. The number of carboxylic acid groups (broad SMARTS) is 2. The van der Waals surface area contributed by atoms with E-state index in [2.05, 4.69) is 41.5 Å². The second-order valence-corrected chi connectivity index (χ2v) is 22.3. The van der Waals surface area contributed by atoms with Crippen LogP contribution in [0.4, 0.5) is 4.79 Å². The molecule has 0 radical (unpaired) electrons. The number of Topliss-reactive ketones (excluding diaryl/α,β-unsaturated/α-hetero) is 1. The zero-order valence-corrected chi connectivity index (χ0v) is 30.4. The van der Waals surface area contributed by atoms with Crippen LogP contribution in [-0.4, -0.2) is 97.3 Å². The van der Waals surface area contributed by atoms with E-state index in [1.165, 1.54) is 11.8 Å². The molecule has 0 aromatic carbocycles. The Balaban J connectivity index is 2.43. The van der Waals surface area contributed by atoms with E-state index in [1.807, 2.05) is 6.92 Å². The van der Waals surface area contributed by atoms with Crippen LogP contribution in [-0.2, 0) is 39.2 Å². The minimum absolute atomic E-state index is 0.0535. The molecule has 0 aliphatic carbocycles. The lowest BCUT2D eigenvalue weighted by Crippen LogP contribution is -2.46. The van der Waals surface area contributed by atoms with Crippen molar-refractivity contribution in [1.82, 2.24) is 15.3 Å². The summed E-state index contributed by atoms with van der Waals surface area (Å²) in [6, 6.07) is -0.456. The maximum absolute atomic E-state index is 12.4. The third-order valence-corrected chi connectivity index (χ3v) is 16.5. The first kappa shape index (κ1) is 41.2. The summed E-state index contributed by atoms with van der Waals surface area (Å²) in [6.45, 7) is 10.8. The summed E-state index contributed by atoms with van der Waals surface area (Å²) in [6.07, 6.45) is 4.24. The largest absolute Gasteiger partial charge is 0.481 e. The first-order valence-electron chi connectivity index (χ1n) is 15.5. The van der Waals surface area contributed by atoms with Crippen LogP contribution in [0.25, 0.3) is 0 Å². The third-order valence-electron chi connectivity index (χ3n) is 6.72. The Morgan fingerprint density at radius 2 is 1.65 bits per heavy atom. The van der Waals surface area contributed by atoms with Gasteiger partial charge in [-0.3, -0.25) is 14.4 Å². The molecule has 0 bridgehead atoms. The number of carbonyl (C=O) groups is 5. The zero-order valence-electron chi connectivity index (χ0n) is 27.5.